The first-order chi connectivity index (χ1) is 15.7. The minimum atomic E-state index is -0.0548. The van der Waals surface area contributed by atoms with Crippen molar-refractivity contribution in [2.75, 3.05) is 13.1 Å². The zero-order chi connectivity index (χ0) is 25.0. The van der Waals surface area contributed by atoms with Crippen LogP contribution in [0.1, 0.15) is 73.6 Å². The van der Waals surface area contributed by atoms with Crippen molar-refractivity contribution in [1.82, 2.24) is 4.90 Å². The average Bonchev–Trinajstić information content (AvgIpc) is 2.80. The van der Waals surface area contributed by atoms with Crippen molar-refractivity contribution < 1.29 is 4.79 Å². The van der Waals surface area contributed by atoms with E-state index in [9.17, 15) is 4.79 Å². The Morgan fingerprint density at radius 1 is 1.06 bits per heavy atom. The van der Waals surface area contributed by atoms with E-state index >= 15 is 0 Å². The van der Waals surface area contributed by atoms with Gasteiger partial charge in [-0.1, -0.05) is 62.5 Å². The molecule has 0 aromatic carbocycles. The molecule has 2 nitrogen and oxygen atoms in total. The van der Waals surface area contributed by atoms with Gasteiger partial charge in [-0.25, -0.2) is 0 Å². The number of nitrogens with zero attached hydrogens (tertiary/aromatic N) is 1. The van der Waals surface area contributed by atoms with E-state index in [2.05, 4.69) is 57.1 Å². The largest absolute Gasteiger partial charge is 0.375 e. The third kappa shape index (κ3) is 8.82. The predicted octanol–water partition coefficient (Wildman–Crippen LogP) is 7.34. The Balaban J connectivity index is 3.29. The summed E-state index contributed by atoms with van der Waals surface area (Å²) < 4.78 is 0. The van der Waals surface area contributed by atoms with Gasteiger partial charge in [0.15, 0.2) is 5.78 Å². The number of piperidine rings is 1. The highest BCUT2D eigenvalue weighted by Gasteiger charge is 2.19. The number of rotatable bonds is 10. The molecule has 0 aromatic heterocycles. The van der Waals surface area contributed by atoms with Gasteiger partial charge in [0.2, 0.25) is 0 Å². The summed E-state index contributed by atoms with van der Waals surface area (Å²) in [6.07, 6.45) is 23.7. The van der Waals surface area contributed by atoms with Crippen LogP contribution in [0.15, 0.2) is 70.0 Å². The van der Waals surface area contributed by atoms with Gasteiger partial charge < -0.3 is 4.90 Å². The average molecular weight is 444 g/mol. The Labute approximate surface area is 202 Å². The minimum Gasteiger partial charge on any atom is -0.375 e. The highest BCUT2D eigenvalue weighted by Crippen LogP contribution is 2.25. The van der Waals surface area contributed by atoms with Crippen LogP contribution in [0.25, 0.3) is 0 Å². The second kappa shape index (κ2) is 14.2. The summed E-state index contributed by atoms with van der Waals surface area (Å²) in [6.45, 7) is 18.4. The van der Waals surface area contributed by atoms with Crippen LogP contribution < -0.4 is 0 Å². The van der Waals surface area contributed by atoms with Crippen molar-refractivity contribution in [1.29, 1.82) is 0 Å². The molecule has 1 aliphatic rings. The summed E-state index contributed by atoms with van der Waals surface area (Å²) >= 11 is 0. The van der Waals surface area contributed by atoms with E-state index in [0.29, 0.717) is 18.4 Å². The van der Waals surface area contributed by atoms with Crippen molar-refractivity contribution >= 4 is 5.78 Å². The van der Waals surface area contributed by atoms with Gasteiger partial charge in [-0.15, -0.1) is 12.8 Å². The molecule has 0 radical (unpaired) electrons. The summed E-state index contributed by atoms with van der Waals surface area (Å²) in [7, 11) is 0. The van der Waals surface area contributed by atoms with E-state index in [1.165, 1.54) is 18.5 Å². The van der Waals surface area contributed by atoms with Gasteiger partial charge in [-0.3, -0.25) is 4.79 Å². The first kappa shape index (κ1) is 28.1. The highest BCUT2D eigenvalue weighted by atomic mass is 16.1. The first-order valence-corrected chi connectivity index (χ1v) is 12.0. The number of hydrogen-bond donors (Lipinski definition) is 0. The lowest BCUT2D eigenvalue weighted by molar-refractivity contribution is -0.112. The molecular weight excluding hydrogens is 402 g/mol. The summed E-state index contributed by atoms with van der Waals surface area (Å²) in [5, 5.41) is 0. The third-order valence-corrected chi connectivity index (χ3v) is 6.25. The smallest absolute Gasteiger partial charge is 0.197 e. The van der Waals surface area contributed by atoms with E-state index in [1.807, 2.05) is 32.1 Å². The maximum Gasteiger partial charge on any atom is 0.197 e. The number of carbonyl (C=O) groups is 1. The van der Waals surface area contributed by atoms with E-state index < -0.39 is 0 Å². The van der Waals surface area contributed by atoms with Crippen molar-refractivity contribution in [3.8, 4) is 24.7 Å². The molecule has 176 valence electrons. The van der Waals surface area contributed by atoms with Gasteiger partial charge in [0.05, 0.1) is 5.57 Å². The van der Waals surface area contributed by atoms with Crippen LogP contribution >= 0.6 is 0 Å². The fourth-order valence-electron chi connectivity index (χ4n) is 3.89. The number of ketones is 1. The van der Waals surface area contributed by atoms with Gasteiger partial charge >= 0.3 is 0 Å². The van der Waals surface area contributed by atoms with Crippen LogP contribution in [0.3, 0.4) is 0 Å². The fraction of sp³-hybridized carbons (Fsp3) is 0.452. The van der Waals surface area contributed by atoms with Gasteiger partial charge in [-0.2, -0.15) is 0 Å². The summed E-state index contributed by atoms with van der Waals surface area (Å²) in [6, 6.07) is 0. The number of hydrogen-bond acceptors (Lipinski definition) is 2. The molecule has 33 heavy (non-hydrogen) atoms. The van der Waals surface area contributed by atoms with E-state index in [-0.39, 0.29) is 5.78 Å². The summed E-state index contributed by atoms with van der Waals surface area (Å²) in [4.78, 5) is 16.0. The summed E-state index contributed by atoms with van der Waals surface area (Å²) in [5.74, 6) is 6.09. The molecule has 0 spiro atoms. The first-order valence-electron chi connectivity index (χ1n) is 12.0. The molecule has 0 atom stereocenters. The molecule has 0 bridgehead atoms. The second-order valence-corrected chi connectivity index (χ2v) is 8.99. The second-order valence-electron chi connectivity index (χ2n) is 8.99. The van der Waals surface area contributed by atoms with Crippen LogP contribution in [0, 0.1) is 30.6 Å². The van der Waals surface area contributed by atoms with Crippen LogP contribution in [-0.2, 0) is 4.79 Å². The zero-order valence-corrected chi connectivity index (χ0v) is 21.6. The number of likely N-dealkylation sites (tertiary alicyclic amines) is 1. The molecule has 1 saturated heterocycles. The zero-order valence-electron chi connectivity index (χ0n) is 21.6. The van der Waals surface area contributed by atoms with Crippen molar-refractivity contribution in [3.05, 3.63) is 70.0 Å². The third-order valence-electron chi connectivity index (χ3n) is 6.25. The minimum absolute atomic E-state index is 0.0548. The quantitative estimate of drug-likeness (QED) is 0.200. The fourth-order valence-corrected chi connectivity index (χ4v) is 3.89. The van der Waals surface area contributed by atoms with Crippen LogP contribution in [0.2, 0.25) is 0 Å². The Hall–Kier alpha value is -2.97. The molecule has 2 heteroatoms. The van der Waals surface area contributed by atoms with Gasteiger partial charge in [0.1, 0.15) is 0 Å². The van der Waals surface area contributed by atoms with Crippen LogP contribution in [0.4, 0.5) is 0 Å². The standard InChI is InChI=1S/C31H41NO/c1-10-25(8)30(16-14-15-27(11-2)21-23(5)6)31(33)29(13-4)28(12-3)22-26(9)32-19-17-24(7)18-20-32/h2,4,14-15,21-22,24H,5,10,12,16-20H2,1,3,6-9H3/b15-14-,26-22+,27-21-,29-28+,30-25-. The molecule has 1 heterocycles. The Morgan fingerprint density at radius 3 is 2.18 bits per heavy atom. The van der Waals surface area contributed by atoms with E-state index in [4.69, 9.17) is 12.8 Å². The summed E-state index contributed by atoms with van der Waals surface area (Å²) in [5.41, 5.74) is 5.99. The molecular formula is C31H41NO. The van der Waals surface area contributed by atoms with Crippen molar-refractivity contribution in [3.63, 3.8) is 0 Å². The van der Waals surface area contributed by atoms with Crippen LogP contribution in [-0.4, -0.2) is 23.8 Å². The lowest BCUT2D eigenvalue weighted by Gasteiger charge is -2.32. The SMILES string of the molecule is C#CC(/C=C\C/C(C(=O)/C(C#C)=C(/C=C(\C)N1CCC(C)CC1)CC)=C(\C)CC)=C/C(=C)C. The molecule has 0 aromatic rings. The highest BCUT2D eigenvalue weighted by molar-refractivity contribution is 6.12. The molecule has 0 saturated carbocycles. The number of allylic oxidation sites excluding steroid dienone is 11. The number of Topliss-reactive ketones (excluding diaryl/α,β-unsaturated/α-hetero) is 1. The lowest BCUT2D eigenvalue weighted by Crippen LogP contribution is -2.31. The maximum absolute atomic E-state index is 13.6. The molecule has 0 aliphatic carbocycles. The molecule has 1 fully saturated rings. The molecule has 0 amide bonds. The predicted molar refractivity (Wildman–Crippen MR) is 143 cm³/mol. The van der Waals surface area contributed by atoms with Crippen molar-refractivity contribution in [2.24, 2.45) is 5.92 Å². The van der Waals surface area contributed by atoms with E-state index in [0.717, 1.165) is 53.3 Å². The maximum atomic E-state index is 13.6. The Bertz CT molecular complexity index is 957. The van der Waals surface area contributed by atoms with Crippen LogP contribution in [0.5, 0.6) is 0 Å². The van der Waals surface area contributed by atoms with Gasteiger partial charge in [0, 0.05) is 29.9 Å². The Morgan fingerprint density at radius 2 is 1.70 bits per heavy atom. The lowest BCUT2D eigenvalue weighted by atomic mass is 9.91. The molecule has 1 aliphatic heterocycles. The topological polar surface area (TPSA) is 20.3 Å². The number of carbonyl (C=O) groups excluding carboxylic acids is 1. The number of terminal acetylenes is 2. The molecule has 0 N–H and O–H groups in total. The van der Waals surface area contributed by atoms with Gasteiger partial charge in [0.25, 0.3) is 0 Å². The van der Waals surface area contributed by atoms with Crippen molar-refractivity contribution in [2.45, 2.75) is 73.6 Å². The van der Waals surface area contributed by atoms with E-state index in [1.54, 1.807) is 0 Å². The normalized spacial score (nSPS) is 17.3. The molecule has 0 unspecified atom stereocenters. The van der Waals surface area contributed by atoms with Gasteiger partial charge in [-0.05, 0) is 76.5 Å². The monoisotopic (exact) mass is 443 g/mol. The Kier molecular flexibility index (Phi) is 12.1. The molecule has 1 rings (SSSR count).